The number of hydrogen-bond donors (Lipinski definition) is 1. The molecule has 6 nitrogen and oxygen atoms in total. The van der Waals surface area contributed by atoms with Crippen LogP contribution in [0.2, 0.25) is 0 Å². The summed E-state index contributed by atoms with van der Waals surface area (Å²) < 4.78 is 43.7. The summed E-state index contributed by atoms with van der Waals surface area (Å²) in [6, 6.07) is 6.63. The number of halogens is 3. The Morgan fingerprint density at radius 2 is 2.04 bits per heavy atom. The van der Waals surface area contributed by atoms with Crippen LogP contribution in [0.1, 0.15) is 27.2 Å². The molecule has 3 rings (SSSR count). The van der Waals surface area contributed by atoms with E-state index in [-0.39, 0.29) is 17.9 Å². The number of fused-ring (bicyclic) bond motifs is 1. The fourth-order valence-corrected chi connectivity index (χ4v) is 2.49. The highest BCUT2D eigenvalue weighted by Gasteiger charge is 2.29. The predicted octanol–water partition coefficient (Wildman–Crippen LogP) is 3.22. The third-order valence-corrected chi connectivity index (χ3v) is 3.81. The monoisotopic (exact) mass is 378 g/mol. The van der Waals surface area contributed by atoms with Crippen molar-refractivity contribution in [1.82, 2.24) is 19.9 Å². The lowest BCUT2D eigenvalue weighted by Crippen LogP contribution is -2.24. The third-order valence-electron chi connectivity index (χ3n) is 3.81. The summed E-state index contributed by atoms with van der Waals surface area (Å²) >= 11 is 0. The molecule has 0 aliphatic heterocycles. The van der Waals surface area contributed by atoms with Crippen LogP contribution in [0.15, 0.2) is 36.7 Å². The zero-order chi connectivity index (χ0) is 19.6. The number of ether oxygens (including phenoxy) is 1. The highest BCUT2D eigenvalue weighted by molar-refractivity contribution is 5.99. The van der Waals surface area contributed by atoms with Gasteiger partial charge >= 0.3 is 6.18 Å². The smallest absolute Gasteiger partial charge is 0.422 e. The second-order valence-corrected chi connectivity index (χ2v) is 6.09. The maximum absolute atomic E-state index is 12.5. The van der Waals surface area contributed by atoms with E-state index in [0.717, 1.165) is 11.3 Å². The predicted molar refractivity (Wildman–Crippen MR) is 91.6 cm³/mol. The van der Waals surface area contributed by atoms with Gasteiger partial charge in [0.1, 0.15) is 11.3 Å². The third kappa shape index (κ3) is 4.55. The van der Waals surface area contributed by atoms with Gasteiger partial charge < -0.3 is 10.1 Å². The number of alkyl halides is 3. The largest absolute Gasteiger partial charge is 0.484 e. The molecule has 2 aromatic heterocycles. The molecule has 0 unspecified atom stereocenters. The van der Waals surface area contributed by atoms with Gasteiger partial charge in [-0.3, -0.25) is 4.79 Å². The molecule has 0 radical (unpaired) electrons. The molecular formula is C18H17F3N4O2. The lowest BCUT2D eigenvalue weighted by Gasteiger charge is -2.14. The molecule has 142 valence electrons. The number of hydrogen-bond acceptors (Lipinski definition) is 4. The second-order valence-electron chi connectivity index (χ2n) is 6.09. The number of aryl methyl sites for hydroxylation is 2. The highest BCUT2D eigenvalue weighted by Crippen LogP contribution is 2.24. The van der Waals surface area contributed by atoms with Crippen molar-refractivity contribution >= 4 is 11.6 Å². The molecule has 1 amide bonds. The molecule has 2 heterocycles. The topological polar surface area (TPSA) is 68.5 Å². The summed E-state index contributed by atoms with van der Waals surface area (Å²) in [7, 11) is 0. The number of nitrogens with zero attached hydrogens (tertiary/aromatic N) is 3. The van der Waals surface area contributed by atoms with Crippen molar-refractivity contribution in [2.45, 2.75) is 26.6 Å². The van der Waals surface area contributed by atoms with Crippen LogP contribution < -0.4 is 10.1 Å². The van der Waals surface area contributed by atoms with Crippen LogP contribution in [-0.4, -0.2) is 33.3 Å². The number of rotatable bonds is 5. The minimum atomic E-state index is -4.44. The summed E-state index contributed by atoms with van der Waals surface area (Å²) in [5.41, 5.74) is 2.62. The zero-order valence-electron chi connectivity index (χ0n) is 14.7. The van der Waals surface area contributed by atoms with Crippen LogP contribution in [0.3, 0.4) is 0 Å². The van der Waals surface area contributed by atoms with Crippen LogP contribution in [-0.2, 0) is 6.54 Å². The lowest BCUT2D eigenvalue weighted by atomic mass is 10.1. The average Bonchev–Trinajstić information content (AvgIpc) is 3.01. The number of carbonyl (C=O) groups excluding carboxylic acids is 1. The van der Waals surface area contributed by atoms with Crippen LogP contribution in [0, 0.1) is 13.8 Å². The summed E-state index contributed by atoms with van der Waals surface area (Å²) in [5, 5.41) is 6.74. The molecule has 1 N–H and O–H groups in total. The van der Waals surface area contributed by atoms with E-state index in [4.69, 9.17) is 4.74 Å². The van der Waals surface area contributed by atoms with E-state index < -0.39 is 18.7 Å². The van der Waals surface area contributed by atoms with Gasteiger partial charge in [0.25, 0.3) is 5.91 Å². The van der Waals surface area contributed by atoms with Crippen molar-refractivity contribution in [2.75, 3.05) is 6.61 Å². The molecule has 9 heteroatoms. The van der Waals surface area contributed by atoms with E-state index in [1.165, 1.54) is 16.8 Å². The van der Waals surface area contributed by atoms with Crippen molar-refractivity contribution in [2.24, 2.45) is 0 Å². The molecule has 1 aromatic carbocycles. The van der Waals surface area contributed by atoms with Crippen LogP contribution in [0.25, 0.3) is 5.65 Å². The number of amides is 1. The average molecular weight is 378 g/mol. The molecule has 0 aliphatic carbocycles. The van der Waals surface area contributed by atoms with Crippen molar-refractivity contribution in [3.05, 3.63) is 59.0 Å². The number of aromatic nitrogens is 3. The fourth-order valence-electron chi connectivity index (χ4n) is 2.49. The molecule has 0 atom stereocenters. The first-order valence-electron chi connectivity index (χ1n) is 8.11. The van der Waals surface area contributed by atoms with Gasteiger partial charge in [0.2, 0.25) is 0 Å². The van der Waals surface area contributed by atoms with Crippen molar-refractivity contribution in [1.29, 1.82) is 0 Å². The molecule has 0 saturated carbocycles. The Morgan fingerprint density at radius 1 is 1.26 bits per heavy atom. The van der Waals surface area contributed by atoms with E-state index in [0.29, 0.717) is 11.2 Å². The molecule has 0 spiro atoms. The van der Waals surface area contributed by atoms with Gasteiger partial charge in [0, 0.05) is 24.0 Å². The van der Waals surface area contributed by atoms with Crippen LogP contribution >= 0.6 is 0 Å². The van der Waals surface area contributed by atoms with Crippen LogP contribution in [0.5, 0.6) is 5.75 Å². The Balaban J connectivity index is 1.75. The zero-order valence-corrected chi connectivity index (χ0v) is 14.7. The van der Waals surface area contributed by atoms with Crippen molar-refractivity contribution in [3.8, 4) is 5.75 Å². The van der Waals surface area contributed by atoms with E-state index in [1.54, 1.807) is 38.2 Å². The Morgan fingerprint density at radius 3 is 2.78 bits per heavy atom. The summed E-state index contributed by atoms with van der Waals surface area (Å²) in [6.07, 6.45) is -1.35. The van der Waals surface area contributed by atoms with E-state index in [2.05, 4.69) is 15.4 Å². The normalized spacial score (nSPS) is 11.6. The Bertz CT molecular complexity index is 982. The maximum atomic E-state index is 12.5. The number of benzene rings is 1. The number of carbonyl (C=O) groups is 1. The van der Waals surface area contributed by atoms with Gasteiger partial charge in [-0.15, -0.1) is 0 Å². The molecule has 0 aliphatic rings. The number of nitrogens with one attached hydrogen (secondary N) is 1. The van der Waals surface area contributed by atoms with Gasteiger partial charge in [-0.2, -0.15) is 18.3 Å². The van der Waals surface area contributed by atoms with Gasteiger partial charge in [0.05, 0.1) is 6.20 Å². The van der Waals surface area contributed by atoms with Crippen molar-refractivity contribution < 1.29 is 22.7 Å². The first-order chi connectivity index (χ1) is 12.7. The molecular weight excluding hydrogens is 361 g/mol. The van der Waals surface area contributed by atoms with E-state index in [9.17, 15) is 18.0 Å². The van der Waals surface area contributed by atoms with E-state index >= 15 is 0 Å². The second kappa shape index (κ2) is 7.26. The van der Waals surface area contributed by atoms with Crippen LogP contribution in [0.4, 0.5) is 13.2 Å². The van der Waals surface area contributed by atoms with Gasteiger partial charge in [-0.1, -0.05) is 12.1 Å². The minimum Gasteiger partial charge on any atom is -0.484 e. The summed E-state index contributed by atoms with van der Waals surface area (Å²) in [6.45, 7) is 2.16. The first-order valence-corrected chi connectivity index (χ1v) is 8.11. The van der Waals surface area contributed by atoms with Gasteiger partial charge in [-0.05, 0) is 31.5 Å². The minimum absolute atomic E-state index is 0.00938. The molecule has 0 fully saturated rings. The lowest BCUT2D eigenvalue weighted by molar-refractivity contribution is -0.153. The summed E-state index contributed by atoms with van der Waals surface area (Å²) in [5.74, 6) is -0.341. The van der Waals surface area contributed by atoms with Crippen molar-refractivity contribution in [3.63, 3.8) is 0 Å². The maximum Gasteiger partial charge on any atom is 0.422 e. The standard InChI is InChI=1S/C18H17F3N4O2/c1-11-3-4-13(15(7-11)27-10-18(19,20)21)8-22-17(26)14-9-23-25-6-5-12(2)24-16(14)25/h3-7,9H,8,10H2,1-2H3,(H,22,26). The quantitative estimate of drug-likeness (QED) is 0.740. The van der Waals surface area contributed by atoms with Gasteiger partial charge in [-0.25, -0.2) is 9.50 Å². The van der Waals surface area contributed by atoms with E-state index in [1.807, 2.05) is 0 Å². The fraction of sp³-hybridized carbons (Fsp3) is 0.278. The Hall–Kier alpha value is -3.10. The molecule has 0 bridgehead atoms. The highest BCUT2D eigenvalue weighted by atomic mass is 19.4. The molecule has 3 aromatic rings. The van der Waals surface area contributed by atoms with Gasteiger partial charge in [0.15, 0.2) is 12.3 Å². The first kappa shape index (κ1) is 18.7. The molecule has 27 heavy (non-hydrogen) atoms. The SMILES string of the molecule is Cc1ccc(CNC(=O)c2cnn3ccc(C)nc23)c(OCC(F)(F)F)c1. The molecule has 0 saturated heterocycles. The Labute approximate surface area is 153 Å². The Kier molecular flexibility index (Phi) is 5.02. The summed E-state index contributed by atoms with van der Waals surface area (Å²) in [4.78, 5) is 16.8.